The Morgan fingerprint density at radius 2 is 2.12 bits per heavy atom. The Morgan fingerprint density at radius 1 is 1.35 bits per heavy atom. The number of carbonyl (C=O) groups excluding carboxylic acids is 1. The van der Waals surface area contributed by atoms with Gasteiger partial charge in [0.15, 0.2) is 0 Å². The van der Waals surface area contributed by atoms with Crippen LogP contribution >= 0.6 is 0 Å². The van der Waals surface area contributed by atoms with Gasteiger partial charge in [-0.25, -0.2) is 0 Å². The molecule has 1 atom stereocenters. The van der Waals surface area contributed by atoms with E-state index < -0.39 is 0 Å². The number of ether oxygens (including phenoxy) is 2. The minimum atomic E-state index is -0.0903. The fourth-order valence-corrected chi connectivity index (χ4v) is 1.57. The van der Waals surface area contributed by atoms with Gasteiger partial charge in [-0.2, -0.15) is 0 Å². The molecule has 0 fully saturated rings. The van der Waals surface area contributed by atoms with Gasteiger partial charge in [-0.15, -0.1) is 0 Å². The summed E-state index contributed by atoms with van der Waals surface area (Å²) in [5, 5.41) is 2.86. The highest BCUT2D eigenvalue weighted by Crippen LogP contribution is 2.06. The second-order valence-corrected chi connectivity index (χ2v) is 3.96. The van der Waals surface area contributed by atoms with Crippen molar-refractivity contribution in [3.8, 4) is 0 Å². The lowest BCUT2D eigenvalue weighted by molar-refractivity contribution is 0.0905. The van der Waals surface area contributed by atoms with Crippen molar-refractivity contribution in [2.24, 2.45) is 0 Å². The van der Waals surface area contributed by atoms with Crippen LogP contribution < -0.4 is 5.32 Å². The van der Waals surface area contributed by atoms with E-state index >= 15 is 0 Å². The summed E-state index contributed by atoms with van der Waals surface area (Å²) in [7, 11) is 3.25. The molecule has 0 heterocycles. The molecule has 1 aromatic rings. The summed E-state index contributed by atoms with van der Waals surface area (Å²) in [6.07, 6.45) is 0. The molecule has 0 aliphatic carbocycles. The van der Waals surface area contributed by atoms with Crippen LogP contribution in [0.4, 0.5) is 0 Å². The maximum Gasteiger partial charge on any atom is 0.251 e. The lowest BCUT2D eigenvalue weighted by atomic mass is 10.1. The lowest BCUT2D eigenvalue weighted by Crippen LogP contribution is -2.35. The van der Waals surface area contributed by atoms with E-state index in [4.69, 9.17) is 9.47 Å². The summed E-state index contributed by atoms with van der Waals surface area (Å²) in [5.74, 6) is -0.0903. The highest BCUT2D eigenvalue weighted by Gasteiger charge is 2.09. The first kappa shape index (κ1) is 13.7. The van der Waals surface area contributed by atoms with E-state index in [2.05, 4.69) is 5.32 Å². The Labute approximate surface area is 102 Å². The monoisotopic (exact) mass is 237 g/mol. The fourth-order valence-electron chi connectivity index (χ4n) is 1.57. The van der Waals surface area contributed by atoms with Gasteiger partial charge < -0.3 is 14.8 Å². The highest BCUT2D eigenvalue weighted by molar-refractivity contribution is 5.94. The Morgan fingerprint density at radius 3 is 2.76 bits per heavy atom. The summed E-state index contributed by atoms with van der Waals surface area (Å²) < 4.78 is 10.00. The Kier molecular flexibility index (Phi) is 5.66. The number of methoxy groups -OCH3 is 2. The van der Waals surface area contributed by atoms with Crippen LogP contribution in [0.15, 0.2) is 24.3 Å². The molecule has 94 valence electrons. The number of carbonyl (C=O) groups is 1. The van der Waals surface area contributed by atoms with Crippen LogP contribution in [0.3, 0.4) is 0 Å². The Bertz CT molecular complexity index is 365. The molecular weight excluding hydrogens is 218 g/mol. The third kappa shape index (κ3) is 4.54. The summed E-state index contributed by atoms with van der Waals surface area (Å²) in [5.41, 5.74) is 1.63. The van der Waals surface area contributed by atoms with Crippen LogP contribution in [0.2, 0.25) is 0 Å². The zero-order valence-electron chi connectivity index (χ0n) is 10.5. The van der Waals surface area contributed by atoms with Gasteiger partial charge in [0, 0.05) is 25.8 Å². The smallest absolute Gasteiger partial charge is 0.251 e. The first-order valence-electron chi connectivity index (χ1n) is 5.55. The molecule has 4 nitrogen and oxygen atoms in total. The summed E-state index contributed by atoms with van der Waals surface area (Å²) in [4.78, 5) is 11.9. The van der Waals surface area contributed by atoms with E-state index in [1.54, 1.807) is 20.3 Å². The summed E-state index contributed by atoms with van der Waals surface area (Å²) in [6, 6.07) is 7.40. The largest absolute Gasteiger partial charge is 0.383 e. The van der Waals surface area contributed by atoms with Gasteiger partial charge in [-0.1, -0.05) is 12.1 Å². The molecule has 0 bridgehead atoms. The topological polar surface area (TPSA) is 47.6 Å². The number of amides is 1. The molecular formula is C13H19NO3. The second kappa shape index (κ2) is 7.04. The molecule has 0 aromatic heterocycles. The van der Waals surface area contributed by atoms with Gasteiger partial charge in [0.25, 0.3) is 5.91 Å². The third-order valence-electron chi connectivity index (χ3n) is 2.29. The number of benzene rings is 1. The van der Waals surface area contributed by atoms with Crippen molar-refractivity contribution >= 4 is 5.91 Å². The number of nitrogens with one attached hydrogen (secondary N) is 1. The van der Waals surface area contributed by atoms with Crippen molar-refractivity contribution in [1.29, 1.82) is 0 Å². The van der Waals surface area contributed by atoms with Crippen LogP contribution in [-0.4, -0.2) is 32.8 Å². The van der Waals surface area contributed by atoms with E-state index in [1.807, 2.05) is 25.1 Å². The number of hydrogen-bond donors (Lipinski definition) is 1. The van der Waals surface area contributed by atoms with E-state index in [1.165, 1.54) is 0 Å². The lowest BCUT2D eigenvalue weighted by Gasteiger charge is -2.13. The van der Waals surface area contributed by atoms with Crippen LogP contribution in [-0.2, 0) is 16.1 Å². The van der Waals surface area contributed by atoms with Gasteiger partial charge in [0.1, 0.15) is 0 Å². The molecule has 0 aliphatic rings. The van der Waals surface area contributed by atoms with Crippen LogP contribution in [0.5, 0.6) is 0 Å². The summed E-state index contributed by atoms with van der Waals surface area (Å²) >= 11 is 0. The molecule has 1 rings (SSSR count). The fraction of sp³-hybridized carbons (Fsp3) is 0.462. The van der Waals surface area contributed by atoms with Crippen molar-refractivity contribution in [3.63, 3.8) is 0 Å². The van der Waals surface area contributed by atoms with Crippen molar-refractivity contribution in [1.82, 2.24) is 5.32 Å². The van der Waals surface area contributed by atoms with E-state index in [0.29, 0.717) is 18.8 Å². The van der Waals surface area contributed by atoms with E-state index in [-0.39, 0.29) is 11.9 Å². The minimum Gasteiger partial charge on any atom is -0.383 e. The Hall–Kier alpha value is -1.39. The molecule has 1 aromatic carbocycles. The van der Waals surface area contributed by atoms with Crippen LogP contribution in [0.25, 0.3) is 0 Å². The number of hydrogen-bond acceptors (Lipinski definition) is 3. The SMILES string of the molecule is COCc1cccc(C(=O)N[C@H](C)COC)c1. The first-order valence-corrected chi connectivity index (χ1v) is 5.55. The van der Waals surface area contributed by atoms with Crippen molar-refractivity contribution in [2.45, 2.75) is 19.6 Å². The van der Waals surface area contributed by atoms with Gasteiger partial charge in [-0.3, -0.25) is 4.79 Å². The van der Waals surface area contributed by atoms with Gasteiger partial charge in [0.05, 0.1) is 13.2 Å². The molecule has 17 heavy (non-hydrogen) atoms. The minimum absolute atomic E-state index is 0.00131. The second-order valence-electron chi connectivity index (χ2n) is 3.96. The van der Waals surface area contributed by atoms with Crippen LogP contribution in [0.1, 0.15) is 22.8 Å². The average Bonchev–Trinajstić information content (AvgIpc) is 2.30. The maximum atomic E-state index is 11.9. The van der Waals surface area contributed by atoms with Crippen molar-refractivity contribution < 1.29 is 14.3 Å². The van der Waals surface area contributed by atoms with Crippen molar-refractivity contribution in [2.75, 3.05) is 20.8 Å². The molecule has 1 N–H and O–H groups in total. The van der Waals surface area contributed by atoms with E-state index in [9.17, 15) is 4.79 Å². The zero-order valence-corrected chi connectivity index (χ0v) is 10.5. The predicted octanol–water partition coefficient (Wildman–Crippen LogP) is 1.60. The average molecular weight is 237 g/mol. The first-order chi connectivity index (χ1) is 8.17. The molecule has 0 radical (unpaired) electrons. The van der Waals surface area contributed by atoms with Crippen molar-refractivity contribution in [3.05, 3.63) is 35.4 Å². The number of rotatable bonds is 6. The molecule has 0 spiro atoms. The predicted molar refractivity (Wildman–Crippen MR) is 66.0 cm³/mol. The molecule has 0 aliphatic heterocycles. The standard InChI is InChI=1S/C13H19NO3/c1-10(8-16-2)14-13(15)12-6-4-5-11(7-12)9-17-3/h4-7,10H,8-9H2,1-3H3,(H,14,15)/t10-/m1/s1. The highest BCUT2D eigenvalue weighted by atomic mass is 16.5. The normalized spacial score (nSPS) is 12.2. The molecule has 4 heteroatoms. The Balaban J connectivity index is 2.65. The molecule has 0 saturated carbocycles. The zero-order chi connectivity index (χ0) is 12.7. The summed E-state index contributed by atoms with van der Waals surface area (Å²) in [6.45, 7) is 2.92. The van der Waals surface area contributed by atoms with Gasteiger partial charge in [0.2, 0.25) is 0 Å². The van der Waals surface area contributed by atoms with Gasteiger partial charge >= 0.3 is 0 Å². The van der Waals surface area contributed by atoms with E-state index in [0.717, 1.165) is 5.56 Å². The maximum absolute atomic E-state index is 11.9. The van der Waals surface area contributed by atoms with Gasteiger partial charge in [-0.05, 0) is 24.6 Å². The molecule has 1 amide bonds. The molecule has 0 unspecified atom stereocenters. The molecule has 0 saturated heterocycles. The third-order valence-corrected chi connectivity index (χ3v) is 2.29. The quantitative estimate of drug-likeness (QED) is 0.817. The van der Waals surface area contributed by atoms with Crippen LogP contribution in [0, 0.1) is 0 Å².